The van der Waals surface area contributed by atoms with Crippen molar-refractivity contribution in [3.05, 3.63) is 23.5 Å². The molecule has 0 saturated heterocycles. The average Bonchev–Trinajstić information content (AvgIpc) is 2.04. The monoisotopic (exact) mass is 168 g/mol. The Labute approximate surface area is 73.2 Å². The van der Waals surface area contributed by atoms with Gasteiger partial charge in [-0.25, -0.2) is 0 Å². The first-order valence-corrected chi connectivity index (χ1v) is 4.31. The smallest absolute Gasteiger partial charge is 0.0943 e. The fourth-order valence-electron chi connectivity index (χ4n) is 1.56. The summed E-state index contributed by atoms with van der Waals surface area (Å²) in [6.07, 6.45) is 2.47. The minimum absolute atomic E-state index is 0.00521. The fraction of sp³-hybridized carbons (Fsp3) is 0.600. The first kappa shape index (κ1) is 9.33. The van der Waals surface area contributed by atoms with E-state index in [9.17, 15) is 5.11 Å². The van der Waals surface area contributed by atoms with Crippen molar-refractivity contribution in [1.82, 2.24) is 0 Å². The minimum Gasteiger partial charge on any atom is -0.512 e. The predicted octanol–water partition coefficient (Wildman–Crippen LogP) is 2.17. The summed E-state index contributed by atoms with van der Waals surface area (Å²) in [7, 11) is 0. The van der Waals surface area contributed by atoms with Gasteiger partial charge in [0.2, 0.25) is 0 Å². The van der Waals surface area contributed by atoms with Crippen molar-refractivity contribution >= 4 is 0 Å². The molecule has 1 atom stereocenters. The van der Waals surface area contributed by atoms with Gasteiger partial charge in [0.05, 0.1) is 12.4 Å². The van der Waals surface area contributed by atoms with Crippen molar-refractivity contribution in [1.29, 1.82) is 0 Å². The third-order valence-electron chi connectivity index (χ3n) is 2.53. The number of aliphatic hydroxyl groups excluding tert-OH is 2. The van der Waals surface area contributed by atoms with Crippen molar-refractivity contribution in [2.75, 3.05) is 6.61 Å². The second-order valence-corrected chi connectivity index (χ2v) is 3.49. The van der Waals surface area contributed by atoms with Gasteiger partial charge in [-0.2, -0.15) is 0 Å². The molecule has 0 heterocycles. The molecule has 1 aliphatic carbocycles. The Bertz CT molecular complexity index is 216. The maximum Gasteiger partial charge on any atom is 0.0943 e. The largest absolute Gasteiger partial charge is 0.512 e. The van der Waals surface area contributed by atoms with E-state index in [1.165, 1.54) is 0 Å². The van der Waals surface area contributed by atoms with Gasteiger partial charge in [0.15, 0.2) is 0 Å². The molecule has 68 valence electrons. The molecule has 2 heteroatoms. The van der Waals surface area contributed by atoms with Gasteiger partial charge in [-0.05, 0) is 31.3 Å². The van der Waals surface area contributed by atoms with Crippen LogP contribution in [-0.4, -0.2) is 16.8 Å². The zero-order valence-electron chi connectivity index (χ0n) is 7.51. The Morgan fingerprint density at radius 1 is 1.67 bits per heavy atom. The molecule has 0 bridgehead atoms. The lowest BCUT2D eigenvalue weighted by atomic mass is 9.84. The van der Waals surface area contributed by atoms with Crippen LogP contribution in [0.1, 0.15) is 26.2 Å². The number of hydrogen-bond donors (Lipinski definition) is 2. The van der Waals surface area contributed by atoms with Crippen LogP contribution in [0.15, 0.2) is 23.5 Å². The van der Waals surface area contributed by atoms with Crippen LogP contribution in [0.25, 0.3) is 0 Å². The molecule has 0 aromatic heterocycles. The molecule has 0 spiro atoms. The highest BCUT2D eigenvalue weighted by atomic mass is 16.3. The Hall–Kier alpha value is -0.760. The molecule has 0 aromatic rings. The summed E-state index contributed by atoms with van der Waals surface area (Å²) in [5.74, 6) is 0.775. The SMILES string of the molecule is C=C(C)C1CCC(CO)=C(O)C1. The highest BCUT2D eigenvalue weighted by Gasteiger charge is 2.20. The lowest BCUT2D eigenvalue weighted by Gasteiger charge is -2.23. The molecule has 0 aromatic carbocycles. The molecule has 1 rings (SSSR count). The molecule has 0 amide bonds. The summed E-state index contributed by atoms with van der Waals surface area (Å²) in [6.45, 7) is 5.85. The Balaban J connectivity index is 2.65. The first-order chi connectivity index (χ1) is 5.65. The standard InChI is InChI=1S/C10H16O2/c1-7(2)8-3-4-9(6-11)10(12)5-8/h8,11-12H,1,3-6H2,2H3. The first-order valence-electron chi connectivity index (χ1n) is 4.31. The van der Waals surface area contributed by atoms with Gasteiger partial charge < -0.3 is 10.2 Å². The van der Waals surface area contributed by atoms with Gasteiger partial charge in [-0.1, -0.05) is 12.2 Å². The van der Waals surface area contributed by atoms with Crippen LogP contribution < -0.4 is 0 Å². The third-order valence-corrected chi connectivity index (χ3v) is 2.53. The fourth-order valence-corrected chi connectivity index (χ4v) is 1.56. The van der Waals surface area contributed by atoms with Crippen molar-refractivity contribution in [2.24, 2.45) is 5.92 Å². The summed E-state index contributed by atoms with van der Waals surface area (Å²) < 4.78 is 0. The molecule has 0 aliphatic heterocycles. The van der Waals surface area contributed by atoms with Crippen LogP contribution in [-0.2, 0) is 0 Å². The minimum atomic E-state index is -0.00521. The van der Waals surface area contributed by atoms with E-state index in [0.717, 1.165) is 24.0 Å². The van der Waals surface area contributed by atoms with E-state index in [1.807, 2.05) is 6.92 Å². The highest BCUT2D eigenvalue weighted by molar-refractivity contribution is 5.16. The number of aliphatic hydroxyl groups is 2. The van der Waals surface area contributed by atoms with Crippen LogP contribution in [0.3, 0.4) is 0 Å². The number of allylic oxidation sites excluding steroid dienone is 2. The van der Waals surface area contributed by atoms with E-state index in [4.69, 9.17) is 5.11 Å². The van der Waals surface area contributed by atoms with E-state index >= 15 is 0 Å². The average molecular weight is 168 g/mol. The number of hydrogen-bond acceptors (Lipinski definition) is 2. The van der Waals surface area contributed by atoms with Gasteiger partial charge in [0.1, 0.15) is 0 Å². The summed E-state index contributed by atoms with van der Waals surface area (Å²) in [5, 5.41) is 18.3. The van der Waals surface area contributed by atoms with Crippen LogP contribution in [0, 0.1) is 5.92 Å². The zero-order valence-corrected chi connectivity index (χ0v) is 7.51. The van der Waals surface area contributed by atoms with Crippen LogP contribution in [0.5, 0.6) is 0 Å². The molecule has 0 radical (unpaired) electrons. The predicted molar refractivity (Wildman–Crippen MR) is 48.9 cm³/mol. The topological polar surface area (TPSA) is 40.5 Å². The van der Waals surface area contributed by atoms with Crippen molar-refractivity contribution in [2.45, 2.75) is 26.2 Å². The zero-order chi connectivity index (χ0) is 9.14. The quantitative estimate of drug-likeness (QED) is 0.620. The Kier molecular flexibility index (Phi) is 2.93. The molecule has 1 aliphatic rings. The normalized spacial score (nSPS) is 24.3. The summed E-state index contributed by atoms with van der Waals surface area (Å²) in [4.78, 5) is 0. The van der Waals surface area contributed by atoms with Gasteiger partial charge in [0.25, 0.3) is 0 Å². The second kappa shape index (κ2) is 3.76. The highest BCUT2D eigenvalue weighted by Crippen LogP contribution is 2.31. The molecule has 1 unspecified atom stereocenters. The third kappa shape index (κ3) is 1.89. The van der Waals surface area contributed by atoms with Crippen LogP contribution >= 0.6 is 0 Å². The van der Waals surface area contributed by atoms with Crippen LogP contribution in [0.4, 0.5) is 0 Å². The van der Waals surface area contributed by atoms with E-state index in [-0.39, 0.29) is 6.61 Å². The van der Waals surface area contributed by atoms with E-state index in [0.29, 0.717) is 18.1 Å². The van der Waals surface area contributed by atoms with E-state index in [1.54, 1.807) is 0 Å². The molecular weight excluding hydrogens is 152 g/mol. The molecule has 2 nitrogen and oxygen atoms in total. The Morgan fingerprint density at radius 3 is 2.75 bits per heavy atom. The lowest BCUT2D eigenvalue weighted by Crippen LogP contribution is -2.12. The van der Waals surface area contributed by atoms with Gasteiger partial charge in [-0.3, -0.25) is 0 Å². The number of rotatable bonds is 2. The summed E-state index contributed by atoms with van der Waals surface area (Å²) in [6, 6.07) is 0. The summed E-state index contributed by atoms with van der Waals surface area (Å²) in [5.41, 5.74) is 1.92. The molecule has 12 heavy (non-hydrogen) atoms. The molecule has 0 saturated carbocycles. The maximum absolute atomic E-state index is 9.47. The summed E-state index contributed by atoms with van der Waals surface area (Å²) >= 11 is 0. The molecule has 0 fully saturated rings. The van der Waals surface area contributed by atoms with Gasteiger partial charge in [0, 0.05) is 6.42 Å². The van der Waals surface area contributed by atoms with E-state index in [2.05, 4.69) is 6.58 Å². The Morgan fingerprint density at radius 2 is 2.33 bits per heavy atom. The van der Waals surface area contributed by atoms with Crippen molar-refractivity contribution < 1.29 is 10.2 Å². The lowest BCUT2D eigenvalue weighted by molar-refractivity contribution is 0.277. The van der Waals surface area contributed by atoms with Gasteiger partial charge in [-0.15, -0.1) is 0 Å². The van der Waals surface area contributed by atoms with Crippen LogP contribution in [0.2, 0.25) is 0 Å². The second-order valence-electron chi connectivity index (χ2n) is 3.49. The van der Waals surface area contributed by atoms with Crippen molar-refractivity contribution in [3.63, 3.8) is 0 Å². The van der Waals surface area contributed by atoms with Gasteiger partial charge >= 0.3 is 0 Å². The van der Waals surface area contributed by atoms with Crippen molar-refractivity contribution in [3.8, 4) is 0 Å². The molecule has 2 N–H and O–H groups in total. The van der Waals surface area contributed by atoms with E-state index < -0.39 is 0 Å². The molecular formula is C10H16O2. The maximum atomic E-state index is 9.47.